The number of hydrogen-bond donors (Lipinski definition) is 1. The Kier molecular flexibility index (Phi) is 7.11. The van der Waals surface area contributed by atoms with Gasteiger partial charge < -0.3 is 19.7 Å². The Balaban J connectivity index is 1.50. The quantitative estimate of drug-likeness (QED) is 0.364. The number of aryl methyl sites for hydroxylation is 1. The first-order valence-electron chi connectivity index (χ1n) is 12.8. The monoisotopic (exact) mass is 524 g/mol. The highest BCUT2D eigenvalue weighted by Crippen LogP contribution is 2.32. The standard InChI is InChI=1S/C31H32N4O4/c1-21-9-5-6-11-24(21)19-34-29(36)27-17-26(22-13-15-25(38-3)16-14-22)33-35(27)20-31(34,2)30(37)32-18-23-10-7-8-12-28(23)39-4/h5-17H,18-20H2,1-4H3,(H,32,37)/t31-/m1/s1. The molecule has 0 fully saturated rings. The molecular weight excluding hydrogens is 492 g/mol. The van der Waals surface area contributed by atoms with Crippen LogP contribution in [0.2, 0.25) is 0 Å². The molecule has 0 saturated heterocycles. The van der Waals surface area contributed by atoms with E-state index in [1.165, 1.54) is 0 Å². The van der Waals surface area contributed by atoms with Gasteiger partial charge in [-0.3, -0.25) is 14.3 Å². The van der Waals surface area contributed by atoms with E-state index in [1.54, 1.807) is 36.8 Å². The van der Waals surface area contributed by atoms with E-state index in [2.05, 4.69) is 5.32 Å². The predicted molar refractivity (Wildman–Crippen MR) is 149 cm³/mol. The van der Waals surface area contributed by atoms with Gasteiger partial charge in [0.2, 0.25) is 5.91 Å². The predicted octanol–water partition coefficient (Wildman–Crippen LogP) is 4.61. The van der Waals surface area contributed by atoms with E-state index in [4.69, 9.17) is 14.6 Å². The van der Waals surface area contributed by atoms with Crippen LogP contribution in [-0.2, 0) is 24.4 Å². The maximum absolute atomic E-state index is 14.0. The summed E-state index contributed by atoms with van der Waals surface area (Å²) in [5.41, 5.74) is 3.68. The average Bonchev–Trinajstić information content (AvgIpc) is 3.39. The van der Waals surface area contributed by atoms with Gasteiger partial charge in [0.15, 0.2) is 0 Å². The lowest BCUT2D eigenvalue weighted by Crippen LogP contribution is -2.63. The molecule has 0 spiro atoms. The van der Waals surface area contributed by atoms with Crippen LogP contribution in [0.3, 0.4) is 0 Å². The summed E-state index contributed by atoms with van der Waals surface area (Å²) in [4.78, 5) is 29.6. The van der Waals surface area contributed by atoms with Crippen LogP contribution in [0.4, 0.5) is 0 Å². The molecule has 1 aliphatic rings. The van der Waals surface area contributed by atoms with Gasteiger partial charge in [-0.2, -0.15) is 5.10 Å². The van der Waals surface area contributed by atoms with E-state index in [0.29, 0.717) is 23.7 Å². The van der Waals surface area contributed by atoms with Crippen molar-refractivity contribution in [2.75, 3.05) is 14.2 Å². The molecule has 39 heavy (non-hydrogen) atoms. The maximum Gasteiger partial charge on any atom is 0.273 e. The second kappa shape index (κ2) is 10.6. The van der Waals surface area contributed by atoms with Crippen molar-refractivity contribution < 1.29 is 19.1 Å². The number of fused-ring (bicyclic) bond motifs is 1. The fourth-order valence-electron chi connectivity index (χ4n) is 4.97. The third-order valence-electron chi connectivity index (χ3n) is 7.39. The minimum absolute atomic E-state index is 0.216. The topological polar surface area (TPSA) is 85.7 Å². The van der Waals surface area contributed by atoms with Gasteiger partial charge in [-0.25, -0.2) is 0 Å². The number of carbonyl (C=O) groups is 2. The minimum atomic E-state index is -1.18. The minimum Gasteiger partial charge on any atom is -0.497 e. The number of nitrogens with zero attached hydrogens (tertiary/aromatic N) is 3. The zero-order valence-electron chi connectivity index (χ0n) is 22.6. The van der Waals surface area contributed by atoms with Gasteiger partial charge in [-0.15, -0.1) is 0 Å². The smallest absolute Gasteiger partial charge is 0.273 e. The maximum atomic E-state index is 14.0. The van der Waals surface area contributed by atoms with Gasteiger partial charge in [-0.05, 0) is 61.4 Å². The van der Waals surface area contributed by atoms with Crippen molar-refractivity contribution in [2.45, 2.75) is 39.0 Å². The number of para-hydroxylation sites is 1. The molecule has 8 heteroatoms. The number of hydrogen-bond acceptors (Lipinski definition) is 5. The van der Waals surface area contributed by atoms with Crippen molar-refractivity contribution in [3.8, 4) is 22.8 Å². The third kappa shape index (κ3) is 4.97. The molecule has 0 radical (unpaired) electrons. The molecule has 0 aliphatic carbocycles. The van der Waals surface area contributed by atoms with Crippen LogP contribution in [0.1, 0.15) is 34.1 Å². The van der Waals surface area contributed by atoms with Crippen LogP contribution < -0.4 is 14.8 Å². The van der Waals surface area contributed by atoms with E-state index in [-0.39, 0.29) is 24.9 Å². The molecule has 1 N–H and O–H groups in total. The van der Waals surface area contributed by atoms with Crippen LogP contribution in [0, 0.1) is 6.92 Å². The Hall–Kier alpha value is -4.59. The van der Waals surface area contributed by atoms with E-state index >= 15 is 0 Å². The molecule has 4 aromatic rings. The van der Waals surface area contributed by atoms with Gasteiger partial charge >= 0.3 is 0 Å². The summed E-state index contributed by atoms with van der Waals surface area (Å²) in [6.45, 7) is 4.60. The SMILES string of the molecule is COc1ccc(-c2cc3n(n2)C[C@](C)(C(=O)NCc2ccccc2OC)N(Cc2ccccc2C)C3=O)cc1. The second-order valence-corrected chi connectivity index (χ2v) is 9.89. The first kappa shape index (κ1) is 26.0. The number of aromatic nitrogens is 2. The molecule has 1 aliphatic heterocycles. The molecule has 0 unspecified atom stereocenters. The molecule has 2 amide bonds. The molecule has 200 valence electrons. The number of methoxy groups -OCH3 is 2. The van der Waals surface area contributed by atoms with Gasteiger partial charge in [-0.1, -0.05) is 42.5 Å². The number of carbonyl (C=O) groups excluding carboxylic acids is 2. The summed E-state index contributed by atoms with van der Waals surface area (Å²) >= 11 is 0. The Bertz CT molecular complexity index is 1510. The zero-order valence-corrected chi connectivity index (χ0v) is 22.6. The highest BCUT2D eigenvalue weighted by Gasteiger charge is 2.48. The van der Waals surface area contributed by atoms with Crippen molar-refractivity contribution in [2.24, 2.45) is 0 Å². The summed E-state index contributed by atoms with van der Waals surface area (Å²) in [6.07, 6.45) is 0. The average molecular weight is 525 g/mol. The first-order valence-corrected chi connectivity index (χ1v) is 12.8. The van der Waals surface area contributed by atoms with Crippen molar-refractivity contribution in [3.05, 3.63) is 101 Å². The lowest BCUT2D eigenvalue weighted by molar-refractivity contribution is -0.133. The Morgan fingerprint density at radius 3 is 2.36 bits per heavy atom. The van der Waals surface area contributed by atoms with Crippen LogP contribution in [0.5, 0.6) is 11.5 Å². The normalized spacial score (nSPS) is 16.5. The fraction of sp³-hybridized carbons (Fsp3) is 0.258. The molecule has 5 rings (SSSR count). The molecule has 8 nitrogen and oxygen atoms in total. The van der Waals surface area contributed by atoms with E-state index < -0.39 is 5.54 Å². The number of nitrogens with one attached hydrogen (secondary N) is 1. The van der Waals surface area contributed by atoms with Crippen molar-refractivity contribution in [1.82, 2.24) is 20.0 Å². The number of rotatable bonds is 8. The van der Waals surface area contributed by atoms with Gasteiger partial charge in [0.05, 0.1) is 26.5 Å². The summed E-state index contributed by atoms with van der Waals surface area (Å²) in [6, 6.07) is 24.8. The van der Waals surface area contributed by atoms with E-state index in [9.17, 15) is 9.59 Å². The number of ether oxygens (including phenoxy) is 2. The summed E-state index contributed by atoms with van der Waals surface area (Å²) in [5, 5.41) is 7.79. The molecule has 3 aromatic carbocycles. The molecular formula is C31H32N4O4. The Morgan fingerprint density at radius 2 is 1.67 bits per heavy atom. The highest BCUT2D eigenvalue weighted by molar-refractivity contribution is 6.00. The van der Waals surface area contributed by atoms with Crippen molar-refractivity contribution in [1.29, 1.82) is 0 Å². The molecule has 0 bridgehead atoms. The lowest BCUT2D eigenvalue weighted by atomic mass is 9.93. The van der Waals surface area contributed by atoms with Crippen molar-refractivity contribution >= 4 is 11.8 Å². The Morgan fingerprint density at radius 1 is 0.974 bits per heavy atom. The van der Waals surface area contributed by atoms with Crippen LogP contribution >= 0.6 is 0 Å². The highest BCUT2D eigenvalue weighted by atomic mass is 16.5. The largest absolute Gasteiger partial charge is 0.497 e. The second-order valence-electron chi connectivity index (χ2n) is 9.89. The van der Waals surface area contributed by atoms with Crippen LogP contribution in [0.15, 0.2) is 78.9 Å². The van der Waals surface area contributed by atoms with E-state index in [0.717, 1.165) is 28.0 Å². The molecule has 1 aromatic heterocycles. The molecule has 2 heterocycles. The Labute approximate surface area is 228 Å². The lowest BCUT2D eigenvalue weighted by Gasteiger charge is -2.43. The van der Waals surface area contributed by atoms with Gasteiger partial charge in [0, 0.05) is 24.2 Å². The molecule has 1 atom stereocenters. The third-order valence-corrected chi connectivity index (χ3v) is 7.39. The van der Waals surface area contributed by atoms with Crippen LogP contribution in [-0.4, -0.2) is 46.3 Å². The zero-order chi connectivity index (χ0) is 27.6. The van der Waals surface area contributed by atoms with Gasteiger partial charge in [0.1, 0.15) is 22.7 Å². The van der Waals surface area contributed by atoms with Crippen molar-refractivity contribution in [3.63, 3.8) is 0 Å². The van der Waals surface area contributed by atoms with E-state index in [1.807, 2.05) is 79.7 Å². The van der Waals surface area contributed by atoms with Gasteiger partial charge in [0.25, 0.3) is 5.91 Å². The summed E-state index contributed by atoms with van der Waals surface area (Å²) < 4.78 is 12.4. The summed E-state index contributed by atoms with van der Waals surface area (Å²) in [7, 11) is 3.22. The number of amides is 2. The first-order chi connectivity index (χ1) is 18.8. The van der Waals surface area contributed by atoms with Crippen LogP contribution in [0.25, 0.3) is 11.3 Å². The number of benzene rings is 3. The molecule has 0 saturated carbocycles. The summed E-state index contributed by atoms with van der Waals surface area (Å²) in [5.74, 6) is 0.926. The fourth-order valence-corrected chi connectivity index (χ4v) is 4.97.